The maximum absolute atomic E-state index is 6.34. The first kappa shape index (κ1) is 15.0. The first-order chi connectivity index (χ1) is 9.83. The van der Waals surface area contributed by atoms with Crippen LogP contribution in [0.4, 0.5) is 0 Å². The van der Waals surface area contributed by atoms with Gasteiger partial charge in [0.05, 0.1) is 17.7 Å². The van der Waals surface area contributed by atoms with Gasteiger partial charge in [-0.1, -0.05) is 0 Å². The molecule has 1 aromatic rings. The summed E-state index contributed by atoms with van der Waals surface area (Å²) in [6.07, 6.45) is 3.98. The lowest BCUT2D eigenvalue weighted by Gasteiger charge is -2.36. The average molecular weight is 292 g/mol. The van der Waals surface area contributed by atoms with Crippen molar-refractivity contribution in [3.05, 3.63) is 18.2 Å². The minimum atomic E-state index is -0.128. The summed E-state index contributed by atoms with van der Waals surface area (Å²) in [6, 6.07) is 0.370. The highest BCUT2D eigenvalue weighted by Crippen LogP contribution is 2.42. The molecule has 0 bridgehead atoms. The van der Waals surface area contributed by atoms with Crippen molar-refractivity contribution in [1.29, 1.82) is 0 Å². The molecule has 2 aliphatic rings. The molecule has 1 aromatic heterocycles. The van der Waals surface area contributed by atoms with E-state index in [9.17, 15) is 0 Å². The molecule has 0 aliphatic carbocycles. The third-order valence-electron chi connectivity index (χ3n) is 5.16. The first-order valence-corrected chi connectivity index (χ1v) is 7.93. The van der Waals surface area contributed by atoms with E-state index < -0.39 is 0 Å². The second-order valence-corrected chi connectivity index (χ2v) is 7.45. The zero-order chi connectivity index (χ0) is 15.3. The van der Waals surface area contributed by atoms with Crippen LogP contribution in [0.2, 0.25) is 0 Å². The molecule has 1 saturated heterocycles. The molecule has 21 heavy (non-hydrogen) atoms. The Hall–Kier alpha value is -0.910. The molecule has 5 heteroatoms. The molecule has 2 unspecified atom stereocenters. The van der Waals surface area contributed by atoms with Crippen LogP contribution in [0.25, 0.3) is 0 Å². The van der Waals surface area contributed by atoms with E-state index in [0.717, 1.165) is 26.2 Å². The Labute approximate surface area is 127 Å². The molecule has 0 aromatic carbocycles. The van der Waals surface area contributed by atoms with Gasteiger partial charge in [-0.05, 0) is 34.7 Å². The maximum atomic E-state index is 6.34. The number of likely N-dealkylation sites (N-methyl/N-ethyl adjacent to an activating group) is 1. The zero-order valence-corrected chi connectivity index (χ0v) is 13.9. The Kier molecular flexibility index (Phi) is 3.62. The monoisotopic (exact) mass is 292 g/mol. The van der Waals surface area contributed by atoms with Gasteiger partial charge in [-0.25, -0.2) is 4.98 Å². The van der Waals surface area contributed by atoms with E-state index in [4.69, 9.17) is 4.74 Å². The summed E-state index contributed by atoms with van der Waals surface area (Å²) in [4.78, 5) is 6.98. The van der Waals surface area contributed by atoms with Crippen molar-refractivity contribution >= 4 is 0 Å². The smallest absolute Gasteiger partial charge is 0.122 e. The normalized spacial score (nSPS) is 31.3. The Morgan fingerprint density at radius 3 is 2.76 bits per heavy atom. The topological polar surface area (TPSA) is 42.3 Å². The van der Waals surface area contributed by atoms with Gasteiger partial charge in [-0.2, -0.15) is 0 Å². The highest BCUT2D eigenvalue weighted by atomic mass is 16.5. The summed E-state index contributed by atoms with van der Waals surface area (Å²) in [6.45, 7) is 13.0. The maximum Gasteiger partial charge on any atom is 0.122 e. The van der Waals surface area contributed by atoms with Crippen LogP contribution in [0.3, 0.4) is 0 Å². The second kappa shape index (κ2) is 5.07. The molecular weight excluding hydrogens is 264 g/mol. The fourth-order valence-corrected chi connectivity index (χ4v) is 4.23. The van der Waals surface area contributed by atoms with Gasteiger partial charge >= 0.3 is 0 Å². The van der Waals surface area contributed by atoms with Gasteiger partial charge in [0.15, 0.2) is 0 Å². The zero-order valence-electron chi connectivity index (χ0n) is 13.9. The summed E-state index contributed by atoms with van der Waals surface area (Å²) in [7, 11) is 2.05. The van der Waals surface area contributed by atoms with Crippen LogP contribution in [0.15, 0.2) is 12.4 Å². The van der Waals surface area contributed by atoms with Crippen molar-refractivity contribution in [3.8, 4) is 0 Å². The molecular formula is C16H28N4O. The van der Waals surface area contributed by atoms with Crippen molar-refractivity contribution in [2.75, 3.05) is 20.1 Å². The van der Waals surface area contributed by atoms with Gasteiger partial charge in [-0.15, -0.1) is 0 Å². The highest BCUT2D eigenvalue weighted by Gasteiger charge is 2.53. The number of ether oxygens (including phenoxy) is 1. The largest absolute Gasteiger partial charge is 0.368 e. The molecule has 1 fully saturated rings. The van der Waals surface area contributed by atoms with Crippen LogP contribution in [0.5, 0.6) is 0 Å². The van der Waals surface area contributed by atoms with Gasteiger partial charge in [-0.3, -0.25) is 4.90 Å². The quantitative estimate of drug-likeness (QED) is 0.916. The van der Waals surface area contributed by atoms with Gasteiger partial charge in [0, 0.05) is 44.0 Å². The number of hydrogen-bond donors (Lipinski definition) is 1. The van der Waals surface area contributed by atoms with Crippen LogP contribution in [-0.2, 0) is 17.8 Å². The summed E-state index contributed by atoms with van der Waals surface area (Å²) in [5.41, 5.74) is -0.235. The van der Waals surface area contributed by atoms with Crippen molar-refractivity contribution < 1.29 is 4.74 Å². The molecule has 0 radical (unpaired) electrons. The number of fused-ring (bicyclic) bond motifs is 1. The molecule has 3 heterocycles. The summed E-state index contributed by atoms with van der Waals surface area (Å²) in [5.74, 6) is 1.65. The van der Waals surface area contributed by atoms with E-state index >= 15 is 0 Å². The molecule has 2 aliphatic heterocycles. The third kappa shape index (κ3) is 2.62. The average Bonchev–Trinajstić information content (AvgIpc) is 2.89. The van der Waals surface area contributed by atoms with Crippen LogP contribution >= 0.6 is 0 Å². The Morgan fingerprint density at radius 2 is 2.05 bits per heavy atom. The molecule has 0 saturated carbocycles. The lowest BCUT2D eigenvalue weighted by atomic mass is 9.82. The van der Waals surface area contributed by atoms with Gasteiger partial charge in [0.1, 0.15) is 5.82 Å². The van der Waals surface area contributed by atoms with Crippen molar-refractivity contribution in [2.24, 2.45) is 5.92 Å². The highest BCUT2D eigenvalue weighted by molar-refractivity contribution is 5.06. The Balaban J connectivity index is 1.75. The molecule has 2 atom stereocenters. The van der Waals surface area contributed by atoms with Crippen molar-refractivity contribution in [1.82, 2.24) is 19.8 Å². The molecule has 118 valence electrons. The Morgan fingerprint density at radius 1 is 1.29 bits per heavy atom. The summed E-state index contributed by atoms with van der Waals surface area (Å²) in [5, 5.41) is 3.49. The molecule has 5 nitrogen and oxygen atoms in total. The van der Waals surface area contributed by atoms with E-state index in [2.05, 4.69) is 53.7 Å². The predicted molar refractivity (Wildman–Crippen MR) is 83.1 cm³/mol. The second-order valence-electron chi connectivity index (χ2n) is 7.45. The van der Waals surface area contributed by atoms with E-state index in [0.29, 0.717) is 12.0 Å². The number of imidazole rings is 1. The number of nitrogens with zero attached hydrogens (tertiary/aromatic N) is 3. The van der Waals surface area contributed by atoms with Crippen LogP contribution < -0.4 is 5.32 Å². The van der Waals surface area contributed by atoms with E-state index in [1.807, 2.05) is 13.2 Å². The van der Waals surface area contributed by atoms with Crippen LogP contribution in [0, 0.1) is 5.92 Å². The van der Waals surface area contributed by atoms with E-state index in [1.54, 1.807) is 0 Å². The number of aromatic nitrogens is 2. The minimum Gasteiger partial charge on any atom is -0.368 e. The van der Waals surface area contributed by atoms with Crippen molar-refractivity contribution in [2.45, 2.75) is 58.0 Å². The van der Waals surface area contributed by atoms with E-state index in [1.165, 1.54) is 5.82 Å². The van der Waals surface area contributed by atoms with Crippen molar-refractivity contribution in [3.63, 3.8) is 0 Å². The predicted octanol–water partition coefficient (Wildman–Crippen LogP) is 1.49. The fourth-order valence-electron chi connectivity index (χ4n) is 4.23. The van der Waals surface area contributed by atoms with Gasteiger partial charge in [0.25, 0.3) is 0 Å². The van der Waals surface area contributed by atoms with Gasteiger partial charge < -0.3 is 14.6 Å². The molecule has 0 spiro atoms. The SMILES string of the molecule is CNC1C(CN2CCn3ccnc3C2)C(C)(C)OC1(C)C. The number of nitrogens with one attached hydrogen (secondary N) is 1. The summed E-state index contributed by atoms with van der Waals surface area (Å²) >= 11 is 0. The molecule has 0 amide bonds. The fraction of sp³-hybridized carbons (Fsp3) is 0.812. The number of hydrogen-bond acceptors (Lipinski definition) is 4. The standard InChI is InChI=1S/C16H28N4O/c1-15(2)12(14(17-5)16(3,4)21-15)10-19-8-9-20-7-6-18-13(20)11-19/h6-7,12,14,17H,8-11H2,1-5H3. The first-order valence-electron chi connectivity index (χ1n) is 7.93. The van der Waals surface area contributed by atoms with Gasteiger partial charge in [0.2, 0.25) is 0 Å². The molecule has 1 N–H and O–H groups in total. The Bertz CT molecular complexity index is 508. The van der Waals surface area contributed by atoms with Crippen LogP contribution in [0.1, 0.15) is 33.5 Å². The van der Waals surface area contributed by atoms with E-state index in [-0.39, 0.29) is 11.2 Å². The van der Waals surface area contributed by atoms with Crippen LogP contribution in [-0.4, -0.2) is 51.8 Å². The number of rotatable bonds is 3. The minimum absolute atomic E-state index is 0.107. The molecule has 3 rings (SSSR count). The summed E-state index contributed by atoms with van der Waals surface area (Å²) < 4.78 is 8.59. The third-order valence-corrected chi connectivity index (χ3v) is 5.16. The lowest BCUT2D eigenvalue weighted by molar-refractivity contribution is -0.0798. The lowest BCUT2D eigenvalue weighted by Crippen LogP contribution is -2.50.